The predicted molar refractivity (Wildman–Crippen MR) is 171 cm³/mol. The molecule has 2 rings (SSSR count). The first-order valence-corrected chi connectivity index (χ1v) is 13.8. The Morgan fingerprint density at radius 2 is 1.65 bits per heavy atom. The van der Waals surface area contributed by atoms with Crippen LogP contribution in [0.2, 0.25) is 0 Å². The van der Waals surface area contributed by atoms with Crippen molar-refractivity contribution in [1.29, 1.82) is 0 Å². The third kappa shape index (κ3) is 19.8. The fourth-order valence-electron chi connectivity index (χ4n) is 2.21. The van der Waals surface area contributed by atoms with E-state index in [1.807, 2.05) is 90.9 Å². The van der Waals surface area contributed by atoms with Gasteiger partial charge in [0.1, 0.15) is 17.6 Å². The minimum Gasteiger partial charge on any atom is -0.497 e. The van der Waals surface area contributed by atoms with E-state index in [0.29, 0.717) is 27.3 Å². The molecule has 0 atom stereocenters. The van der Waals surface area contributed by atoms with E-state index in [4.69, 9.17) is 10.5 Å². The molecule has 0 aromatic carbocycles. The molecule has 13 nitrogen and oxygen atoms in total. The molecule has 0 spiro atoms. The number of hydrogen-bond donors (Lipinski definition) is 2. The molecule has 0 aliphatic heterocycles. The van der Waals surface area contributed by atoms with E-state index in [0.717, 1.165) is 24.5 Å². The highest BCUT2D eigenvalue weighted by molar-refractivity contribution is 9.12. The second kappa shape index (κ2) is 24.8. The summed E-state index contributed by atoms with van der Waals surface area (Å²) in [5, 5.41) is 3.38. The van der Waals surface area contributed by atoms with Gasteiger partial charge in [0.25, 0.3) is 0 Å². The average molecular weight is 649 g/mol. The number of imidazole rings is 2. The van der Waals surface area contributed by atoms with Crippen LogP contribution in [0.15, 0.2) is 28.1 Å². The standard InChI is InChI=1S/2C7H11N3O.C6H9BrO2.C3H8N2S.C2H7N/c1-9(2)7-8-6(5-11)4-10(7)3;1-9(2)7-8-4-6(5-11)10(7)3;1-5(2)9-4-6(7)3-8;1-5-3(4)6-2;1-3-2/h2*4-5H,1-3H3;3-5H,1-2H3;1-2H3,(H2,4,5);3H,1-2H3/b;;6-4+;;. The normalized spacial score (nSPS) is 10.2. The number of amidine groups is 1. The Hall–Kier alpha value is -3.17. The maximum absolute atomic E-state index is 10.4. The Labute approximate surface area is 251 Å². The van der Waals surface area contributed by atoms with Crippen LogP contribution in [0.3, 0.4) is 0 Å². The number of carbonyl (C=O) groups is 3. The fourth-order valence-corrected chi connectivity index (χ4v) is 2.50. The van der Waals surface area contributed by atoms with Crippen molar-refractivity contribution in [2.75, 3.05) is 65.4 Å². The summed E-state index contributed by atoms with van der Waals surface area (Å²) in [5.41, 5.74) is 6.25. The number of nitrogens with zero attached hydrogens (tertiary/aromatic N) is 7. The molecule has 0 aliphatic carbocycles. The van der Waals surface area contributed by atoms with Gasteiger partial charge in [-0.3, -0.25) is 19.4 Å². The largest absolute Gasteiger partial charge is 0.497 e. The lowest BCUT2D eigenvalue weighted by atomic mass is 10.5. The second-order valence-electron chi connectivity index (χ2n) is 8.21. The van der Waals surface area contributed by atoms with Gasteiger partial charge in [-0.05, 0) is 50.1 Å². The minimum absolute atomic E-state index is 0.123. The summed E-state index contributed by atoms with van der Waals surface area (Å²) < 4.78 is 8.93. The van der Waals surface area contributed by atoms with E-state index in [1.165, 1.54) is 18.0 Å². The summed E-state index contributed by atoms with van der Waals surface area (Å²) in [6.45, 7) is 3.78. The van der Waals surface area contributed by atoms with E-state index >= 15 is 0 Å². The highest BCUT2D eigenvalue weighted by Gasteiger charge is 2.06. The Kier molecular flexibility index (Phi) is 25.7. The van der Waals surface area contributed by atoms with Crippen LogP contribution in [0.5, 0.6) is 0 Å². The number of nitrogens with one attached hydrogen (secondary N) is 1. The number of aldehydes is 3. The van der Waals surface area contributed by atoms with Crippen molar-refractivity contribution in [3.05, 3.63) is 34.5 Å². The fraction of sp³-hybridized carbons (Fsp3) is 0.520. The van der Waals surface area contributed by atoms with Gasteiger partial charge in [-0.2, -0.15) is 0 Å². The molecule has 2 aromatic heterocycles. The molecule has 0 saturated carbocycles. The summed E-state index contributed by atoms with van der Waals surface area (Å²) >= 11 is 4.43. The van der Waals surface area contributed by atoms with E-state index in [9.17, 15) is 14.4 Å². The Balaban J connectivity index is -0.000000451. The third-order valence-electron chi connectivity index (χ3n) is 3.91. The smallest absolute Gasteiger partial charge is 0.205 e. The number of aliphatic imine (C=N–C) groups is 1. The zero-order chi connectivity index (χ0) is 31.8. The Morgan fingerprint density at radius 1 is 1.12 bits per heavy atom. The number of allylic oxidation sites excluding steroid dienone is 1. The van der Waals surface area contributed by atoms with Crippen LogP contribution in [0.25, 0.3) is 0 Å². The molecule has 15 heteroatoms. The molecule has 0 aliphatic rings. The first kappa shape index (κ1) is 41.3. The van der Waals surface area contributed by atoms with Crippen molar-refractivity contribution >= 4 is 63.6 Å². The van der Waals surface area contributed by atoms with Crippen molar-refractivity contribution in [1.82, 2.24) is 24.4 Å². The highest BCUT2D eigenvalue weighted by Crippen LogP contribution is 2.08. The van der Waals surface area contributed by atoms with Crippen LogP contribution in [0.4, 0.5) is 11.9 Å². The molecule has 0 unspecified atom stereocenters. The molecule has 228 valence electrons. The van der Waals surface area contributed by atoms with Crippen molar-refractivity contribution in [2.45, 2.75) is 20.0 Å². The van der Waals surface area contributed by atoms with Crippen LogP contribution in [-0.4, -0.2) is 105 Å². The van der Waals surface area contributed by atoms with Gasteiger partial charge < -0.3 is 34.7 Å². The first-order chi connectivity index (χ1) is 18.7. The molecule has 0 amide bonds. The lowest BCUT2D eigenvalue weighted by Gasteiger charge is -2.10. The van der Waals surface area contributed by atoms with E-state index in [2.05, 4.69) is 36.2 Å². The maximum Gasteiger partial charge on any atom is 0.205 e. The first-order valence-electron chi connectivity index (χ1n) is 11.8. The molecule has 0 saturated heterocycles. The minimum atomic E-state index is 0.123. The molecule has 0 fully saturated rings. The monoisotopic (exact) mass is 647 g/mol. The maximum atomic E-state index is 10.4. The number of halogens is 1. The highest BCUT2D eigenvalue weighted by atomic mass is 79.9. The molecule has 0 bridgehead atoms. The van der Waals surface area contributed by atoms with E-state index in [-0.39, 0.29) is 6.10 Å². The number of nitrogens with two attached hydrogens (primary N) is 1. The van der Waals surface area contributed by atoms with Gasteiger partial charge in [0, 0.05) is 55.5 Å². The van der Waals surface area contributed by atoms with Crippen LogP contribution in [0.1, 0.15) is 34.8 Å². The van der Waals surface area contributed by atoms with Gasteiger partial charge in [-0.15, -0.1) is 0 Å². The third-order valence-corrected chi connectivity index (χ3v) is 4.88. The summed E-state index contributed by atoms with van der Waals surface area (Å²) in [5.74, 6) is 1.57. The number of hydrogen-bond acceptors (Lipinski definition) is 11. The summed E-state index contributed by atoms with van der Waals surface area (Å²) in [7, 11) is 16.6. The summed E-state index contributed by atoms with van der Waals surface area (Å²) in [4.78, 5) is 46.1. The number of aromatic nitrogens is 4. The van der Waals surface area contributed by atoms with Crippen LogP contribution >= 0.6 is 27.7 Å². The Bertz CT molecular complexity index is 1030. The van der Waals surface area contributed by atoms with Crippen molar-refractivity contribution < 1.29 is 19.1 Å². The average Bonchev–Trinajstić information content (AvgIpc) is 3.50. The van der Waals surface area contributed by atoms with Gasteiger partial charge in [0.2, 0.25) is 11.9 Å². The van der Waals surface area contributed by atoms with Crippen LogP contribution < -0.4 is 20.9 Å². The quantitative estimate of drug-likeness (QED) is 0.150. The van der Waals surface area contributed by atoms with Gasteiger partial charge in [0.15, 0.2) is 24.0 Å². The topological polar surface area (TPSA) is 153 Å². The lowest BCUT2D eigenvalue weighted by molar-refractivity contribution is -0.104. The van der Waals surface area contributed by atoms with E-state index in [1.54, 1.807) is 24.0 Å². The molecule has 0 radical (unpaired) electrons. The Morgan fingerprint density at radius 3 is 1.88 bits per heavy atom. The zero-order valence-electron chi connectivity index (χ0n) is 25.7. The molecule has 3 N–H and O–H groups in total. The lowest BCUT2D eigenvalue weighted by Crippen LogP contribution is -2.14. The SMILES string of the molecule is CC(C)O/C=C(/Br)C=O.CN(C)c1nc(C=O)cn1C.CN(C)c1ncc(C=O)n1C.CN=C(N)SC.CNC. The number of rotatable bonds is 7. The molecular formula is C25H46BrN9O4S. The molecule has 40 heavy (non-hydrogen) atoms. The van der Waals surface area contributed by atoms with Crippen LogP contribution in [0, 0.1) is 0 Å². The number of aryl methyl sites for hydroxylation is 1. The predicted octanol–water partition coefficient (Wildman–Crippen LogP) is 2.57. The van der Waals surface area contributed by atoms with Crippen molar-refractivity contribution in [3.63, 3.8) is 0 Å². The van der Waals surface area contributed by atoms with Gasteiger partial charge in [0.05, 0.1) is 16.8 Å². The van der Waals surface area contributed by atoms with E-state index < -0.39 is 0 Å². The van der Waals surface area contributed by atoms with Crippen molar-refractivity contribution in [3.8, 4) is 0 Å². The number of carbonyl (C=O) groups excluding carboxylic acids is 3. The molecule has 2 aromatic rings. The van der Waals surface area contributed by atoms with Gasteiger partial charge in [-0.1, -0.05) is 11.8 Å². The summed E-state index contributed by atoms with van der Waals surface area (Å²) in [6, 6.07) is 0. The molecule has 2 heterocycles. The second-order valence-corrected chi connectivity index (χ2v) is 9.96. The number of anilines is 2. The van der Waals surface area contributed by atoms with Crippen molar-refractivity contribution in [2.24, 2.45) is 24.8 Å². The number of thioether (sulfide) groups is 1. The van der Waals surface area contributed by atoms with Gasteiger partial charge in [-0.25, -0.2) is 9.97 Å². The zero-order valence-corrected chi connectivity index (χ0v) is 28.1. The molecular weight excluding hydrogens is 602 g/mol. The van der Waals surface area contributed by atoms with Crippen LogP contribution in [-0.2, 0) is 23.6 Å². The number of ether oxygens (including phenoxy) is 1. The van der Waals surface area contributed by atoms with Gasteiger partial charge >= 0.3 is 0 Å². The summed E-state index contributed by atoms with van der Waals surface area (Å²) in [6.07, 6.45) is 8.87.